The fraction of sp³-hybridized carbons (Fsp3) is 0.364. The first-order valence-electron chi connectivity index (χ1n) is 9.73. The number of hydrogen-bond acceptors (Lipinski definition) is 6. The Bertz CT molecular complexity index is 936. The monoisotopic (exact) mass is 409 g/mol. The van der Waals surface area contributed by atoms with Gasteiger partial charge in [-0.15, -0.1) is 11.8 Å². The fourth-order valence-corrected chi connectivity index (χ4v) is 4.09. The highest BCUT2D eigenvalue weighted by molar-refractivity contribution is 7.99. The molecule has 1 aliphatic carbocycles. The lowest BCUT2D eigenvalue weighted by Crippen LogP contribution is -2.13. The lowest BCUT2D eigenvalue weighted by atomic mass is 9.95. The number of pyridine rings is 1. The van der Waals surface area contributed by atoms with Gasteiger partial charge in [0.05, 0.1) is 17.7 Å². The van der Waals surface area contributed by atoms with Crippen LogP contribution < -0.4 is 5.32 Å². The molecule has 29 heavy (non-hydrogen) atoms. The largest absolute Gasteiger partial charge is 0.462 e. The third-order valence-corrected chi connectivity index (χ3v) is 5.63. The minimum absolute atomic E-state index is 0.127. The van der Waals surface area contributed by atoms with Gasteiger partial charge in [-0.2, -0.15) is 5.26 Å². The molecular weight excluding hydrogens is 386 g/mol. The van der Waals surface area contributed by atoms with Gasteiger partial charge in [-0.05, 0) is 68.5 Å². The Hall–Kier alpha value is -2.85. The molecule has 1 aromatic carbocycles. The van der Waals surface area contributed by atoms with E-state index in [2.05, 4.69) is 16.4 Å². The molecule has 0 fully saturated rings. The van der Waals surface area contributed by atoms with Crippen LogP contribution in [0.2, 0.25) is 0 Å². The van der Waals surface area contributed by atoms with Crippen molar-refractivity contribution < 1.29 is 14.3 Å². The summed E-state index contributed by atoms with van der Waals surface area (Å²) in [4.78, 5) is 28.5. The van der Waals surface area contributed by atoms with E-state index >= 15 is 0 Å². The second kappa shape index (κ2) is 10.1. The van der Waals surface area contributed by atoms with Gasteiger partial charge < -0.3 is 10.1 Å². The minimum Gasteiger partial charge on any atom is -0.462 e. The van der Waals surface area contributed by atoms with E-state index < -0.39 is 0 Å². The maximum atomic E-state index is 12.2. The van der Waals surface area contributed by atoms with Gasteiger partial charge in [0.1, 0.15) is 11.1 Å². The Balaban J connectivity index is 1.52. The van der Waals surface area contributed by atoms with Crippen LogP contribution in [0.1, 0.15) is 53.4 Å². The molecule has 2 aromatic rings. The number of rotatable bonds is 7. The molecule has 6 nitrogen and oxygen atoms in total. The van der Waals surface area contributed by atoms with E-state index in [1.54, 1.807) is 31.2 Å². The van der Waals surface area contributed by atoms with Crippen LogP contribution in [-0.4, -0.2) is 29.2 Å². The lowest BCUT2D eigenvalue weighted by Gasteiger charge is -2.16. The van der Waals surface area contributed by atoms with Crippen molar-refractivity contribution in [1.82, 2.24) is 4.98 Å². The van der Waals surface area contributed by atoms with Gasteiger partial charge in [0.25, 0.3) is 0 Å². The molecular formula is C22H23N3O3S. The molecule has 0 aliphatic heterocycles. The van der Waals surface area contributed by atoms with E-state index in [1.165, 1.54) is 17.3 Å². The highest BCUT2D eigenvalue weighted by Crippen LogP contribution is 2.27. The van der Waals surface area contributed by atoms with Crippen LogP contribution in [0.3, 0.4) is 0 Å². The van der Waals surface area contributed by atoms with Crippen molar-refractivity contribution in [3.63, 3.8) is 0 Å². The Morgan fingerprint density at radius 2 is 2.00 bits per heavy atom. The molecule has 1 N–H and O–H groups in total. The van der Waals surface area contributed by atoms with Gasteiger partial charge in [0, 0.05) is 23.6 Å². The number of aryl methyl sites for hydroxylation is 2. The van der Waals surface area contributed by atoms with Crippen LogP contribution in [0.4, 0.5) is 5.69 Å². The van der Waals surface area contributed by atoms with Crippen molar-refractivity contribution in [3.05, 3.63) is 52.7 Å². The molecule has 0 spiro atoms. The first-order chi connectivity index (χ1) is 14.1. The van der Waals surface area contributed by atoms with E-state index in [9.17, 15) is 14.9 Å². The summed E-state index contributed by atoms with van der Waals surface area (Å²) in [6.07, 6.45) is 4.52. The predicted octanol–water partition coefficient (Wildman–Crippen LogP) is 4.13. The van der Waals surface area contributed by atoms with Gasteiger partial charge in [0.2, 0.25) is 5.91 Å². The summed E-state index contributed by atoms with van der Waals surface area (Å²) >= 11 is 1.44. The number of anilines is 1. The lowest BCUT2D eigenvalue weighted by molar-refractivity contribution is -0.115. The molecule has 7 heteroatoms. The fourth-order valence-electron chi connectivity index (χ4n) is 3.17. The predicted molar refractivity (Wildman–Crippen MR) is 112 cm³/mol. The topological polar surface area (TPSA) is 92.1 Å². The Labute approximate surface area is 174 Å². The number of nitriles is 1. The van der Waals surface area contributed by atoms with Gasteiger partial charge in [-0.25, -0.2) is 9.78 Å². The molecule has 0 atom stereocenters. The van der Waals surface area contributed by atoms with E-state index in [0.717, 1.165) is 31.4 Å². The number of nitrogens with one attached hydrogen (secondary N) is 1. The minimum atomic E-state index is -0.382. The van der Waals surface area contributed by atoms with Crippen molar-refractivity contribution in [2.24, 2.45) is 0 Å². The zero-order valence-corrected chi connectivity index (χ0v) is 17.2. The Kier molecular flexibility index (Phi) is 7.25. The highest BCUT2D eigenvalue weighted by atomic mass is 32.2. The van der Waals surface area contributed by atoms with Gasteiger partial charge in [0.15, 0.2) is 0 Å². The molecule has 3 rings (SSSR count). The smallest absolute Gasteiger partial charge is 0.338 e. The average molecular weight is 410 g/mol. The maximum Gasteiger partial charge on any atom is 0.338 e. The molecule has 0 unspecified atom stereocenters. The van der Waals surface area contributed by atoms with E-state index in [0.29, 0.717) is 40.6 Å². The normalized spacial score (nSPS) is 12.6. The second-order valence-corrected chi connectivity index (χ2v) is 7.79. The number of ether oxygens (including phenoxy) is 1. The number of carbonyl (C=O) groups excluding carboxylic acids is 2. The third-order valence-electron chi connectivity index (χ3n) is 4.63. The number of fused-ring (bicyclic) bond motifs is 1. The molecule has 150 valence electrons. The van der Waals surface area contributed by atoms with Crippen LogP contribution in [0, 0.1) is 11.3 Å². The molecule has 1 aliphatic rings. The first-order valence-corrected chi connectivity index (χ1v) is 10.7. The van der Waals surface area contributed by atoms with Crippen molar-refractivity contribution in [2.75, 3.05) is 17.7 Å². The first kappa shape index (κ1) is 20.9. The summed E-state index contributed by atoms with van der Waals surface area (Å²) in [5.41, 5.74) is 3.93. The number of amides is 1. The summed E-state index contributed by atoms with van der Waals surface area (Å²) in [6, 6.07) is 10.8. The second-order valence-electron chi connectivity index (χ2n) is 6.71. The van der Waals surface area contributed by atoms with Gasteiger partial charge >= 0.3 is 5.97 Å². The van der Waals surface area contributed by atoms with E-state index in [1.807, 2.05) is 6.07 Å². The van der Waals surface area contributed by atoms with Crippen LogP contribution in [0.5, 0.6) is 0 Å². The molecule has 1 heterocycles. The zero-order chi connectivity index (χ0) is 20.6. The number of aromatic nitrogens is 1. The SMILES string of the molecule is CCOC(=O)c1ccc(NC(=O)CCSc2nc3c(cc2C#N)CCCC3)cc1. The number of carbonyl (C=O) groups is 2. The van der Waals surface area contributed by atoms with Crippen LogP contribution in [-0.2, 0) is 22.4 Å². The number of nitrogens with zero attached hydrogens (tertiary/aromatic N) is 2. The summed E-state index contributed by atoms with van der Waals surface area (Å²) in [6.45, 7) is 2.07. The molecule has 0 saturated carbocycles. The third kappa shape index (κ3) is 5.58. The molecule has 1 aromatic heterocycles. The van der Waals surface area contributed by atoms with Crippen molar-refractivity contribution in [1.29, 1.82) is 5.26 Å². The Morgan fingerprint density at radius 3 is 2.72 bits per heavy atom. The zero-order valence-electron chi connectivity index (χ0n) is 16.4. The average Bonchev–Trinajstić information content (AvgIpc) is 2.74. The molecule has 0 saturated heterocycles. The van der Waals surface area contributed by atoms with Gasteiger partial charge in [-0.3, -0.25) is 4.79 Å². The number of hydrogen-bond donors (Lipinski definition) is 1. The van der Waals surface area contributed by atoms with Gasteiger partial charge in [-0.1, -0.05) is 0 Å². The quantitative estimate of drug-likeness (QED) is 0.546. The number of esters is 1. The van der Waals surface area contributed by atoms with E-state index in [4.69, 9.17) is 4.74 Å². The maximum absolute atomic E-state index is 12.2. The van der Waals surface area contributed by atoms with Crippen LogP contribution in [0.25, 0.3) is 0 Å². The van der Waals surface area contributed by atoms with Crippen LogP contribution >= 0.6 is 11.8 Å². The highest BCUT2D eigenvalue weighted by Gasteiger charge is 2.16. The van der Waals surface area contributed by atoms with Crippen molar-refractivity contribution in [3.8, 4) is 6.07 Å². The summed E-state index contributed by atoms with van der Waals surface area (Å²) in [5.74, 6) is 0.0261. The van der Waals surface area contributed by atoms with Crippen LogP contribution in [0.15, 0.2) is 35.4 Å². The van der Waals surface area contributed by atoms with Crippen molar-refractivity contribution in [2.45, 2.75) is 44.1 Å². The summed E-state index contributed by atoms with van der Waals surface area (Å²) < 4.78 is 4.94. The summed E-state index contributed by atoms with van der Waals surface area (Å²) in [7, 11) is 0. The summed E-state index contributed by atoms with van der Waals surface area (Å²) in [5, 5.41) is 12.9. The number of thioether (sulfide) groups is 1. The number of benzene rings is 1. The van der Waals surface area contributed by atoms with Crippen molar-refractivity contribution >= 4 is 29.3 Å². The Morgan fingerprint density at radius 1 is 1.24 bits per heavy atom. The molecule has 0 radical (unpaired) electrons. The standard InChI is InChI=1S/C22H23N3O3S/c1-2-28-22(27)15-7-9-18(10-8-15)24-20(26)11-12-29-21-17(14-23)13-16-5-3-4-6-19(16)25-21/h7-10,13H,2-6,11-12H2,1H3,(H,24,26). The molecule has 0 bridgehead atoms. The van der Waals surface area contributed by atoms with E-state index in [-0.39, 0.29) is 11.9 Å². The molecule has 1 amide bonds.